The van der Waals surface area contributed by atoms with Crippen LogP contribution in [-0.4, -0.2) is 11.1 Å². The number of carboxylic acid groups (broad SMARTS) is 1. The highest BCUT2D eigenvalue weighted by molar-refractivity contribution is 6.33. The fraction of sp³-hybridized carbons (Fsp3) is 0.0714. The number of hydrogen-bond donors (Lipinski definition) is 1. The molecule has 0 amide bonds. The third-order valence-electron chi connectivity index (χ3n) is 2.69. The predicted octanol–water partition coefficient (Wildman–Crippen LogP) is 4.15. The van der Waals surface area contributed by atoms with Crippen LogP contribution in [-0.2, 0) is 0 Å². The molecule has 92 valence electrons. The van der Waals surface area contributed by atoms with Gasteiger partial charge < -0.3 is 5.11 Å². The second-order valence-corrected chi connectivity index (χ2v) is 4.34. The molecule has 0 aliphatic carbocycles. The first-order valence-electron chi connectivity index (χ1n) is 5.29. The first-order chi connectivity index (χ1) is 8.50. The molecule has 2 aromatic rings. The maximum Gasteiger partial charge on any atom is 0.336 e. The molecule has 0 aliphatic heterocycles. The Bertz CT molecular complexity index is 623. The summed E-state index contributed by atoms with van der Waals surface area (Å²) in [6, 6.07) is 9.29. The van der Waals surface area contributed by atoms with Crippen LogP contribution in [0.4, 0.5) is 4.39 Å². The molecule has 0 saturated heterocycles. The maximum absolute atomic E-state index is 13.6. The van der Waals surface area contributed by atoms with E-state index in [1.54, 1.807) is 24.3 Å². The molecule has 0 bridgehead atoms. The highest BCUT2D eigenvalue weighted by atomic mass is 35.5. The van der Waals surface area contributed by atoms with Gasteiger partial charge in [0.1, 0.15) is 5.82 Å². The van der Waals surface area contributed by atoms with Gasteiger partial charge in [0.15, 0.2) is 0 Å². The largest absolute Gasteiger partial charge is 0.478 e. The van der Waals surface area contributed by atoms with Crippen molar-refractivity contribution in [1.82, 2.24) is 0 Å². The van der Waals surface area contributed by atoms with Crippen molar-refractivity contribution in [2.45, 2.75) is 6.92 Å². The quantitative estimate of drug-likeness (QED) is 0.885. The van der Waals surface area contributed by atoms with Crippen LogP contribution in [0.15, 0.2) is 36.4 Å². The van der Waals surface area contributed by atoms with E-state index in [2.05, 4.69) is 0 Å². The second kappa shape index (κ2) is 4.78. The van der Waals surface area contributed by atoms with E-state index in [9.17, 15) is 9.18 Å². The van der Waals surface area contributed by atoms with Gasteiger partial charge in [-0.1, -0.05) is 29.8 Å². The van der Waals surface area contributed by atoms with Gasteiger partial charge >= 0.3 is 5.97 Å². The molecule has 0 spiro atoms. The van der Waals surface area contributed by atoms with Crippen LogP contribution in [0.5, 0.6) is 0 Å². The number of halogens is 2. The Morgan fingerprint density at radius 2 is 1.89 bits per heavy atom. The molecule has 2 nitrogen and oxygen atoms in total. The van der Waals surface area contributed by atoms with E-state index in [4.69, 9.17) is 16.7 Å². The molecule has 0 heterocycles. The van der Waals surface area contributed by atoms with Crippen LogP contribution in [0, 0.1) is 12.7 Å². The predicted molar refractivity (Wildman–Crippen MR) is 68.5 cm³/mol. The minimum absolute atomic E-state index is 0.0435. The van der Waals surface area contributed by atoms with Crippen LogP contribution < -0.4 is 0 Å². The van der Waals surface area contributed by atoms with Gasteiger partial charge in [-0.25, -0.2) is 9.18 Å². The summed E-state index contributed by atoms with van der Waals surface area (Å²) in [7, 11) is 0. The van der Waals surface area contributed by atoms with Gasteiger partial charge in [-0.3, -0.25) is 0 Å². The van der Waals surface area contributed by atoms with Gasteiger partial charge in [0, 0.05) is 16.1 Å². The normalized spacial score (nSPS) is 10.4. The van der Waals surface area contributed by atoms with E-state index >= 15 is 0 Å². The fourth-order valence-corrected chi connectivity index (χ4v) is 2.00. The van der Waals surface area contributed by atoms with Gasteiger partial charge in [-0.05, 0) is 30.7 Å². The highest BCUT2D eigenvalue weighted by Gasteiger charge is 2.16. The summed E-state index contributed by atoms with van der Waals surface area (Å²) in [5.74, 6) is -1.55. The van der Waals surface area contributed by atoms with Crippen molar-refractivity contribution in [3.63, 3.8) is 0 Å². The van der Waals surface area contributed by atoms with Crippen molar-refractivity contribution in [2.24, 2.45) is 0 Å². The molecule has 2 rings (SSSR count). The second-order valence-electron chi connectivity index (χ2n) is 3.93. The van der Waals surface area contributed by atoms with Crippen molar-refractivity contribution in [3.05, 3.63) is 58.4 Å². The molecule has 2 aromatic carbocycles. The molecule has 0 fully saturated rings. The fourth-order valence-electron chi connectivity index (χ4n) is 1.76. The van der Waals surface area contributed by atoms with E-state index < -0.39 is 11.8 Å². The average molecular weight is 265 g/mol. The molecule has 0 atom stereocenters. The number of aromatic carboxylic acids is 1. The molecular formula is C14H10ClFO2. The number of hydrogen-bond acceptors (Lipinski definition) is 1. The van der Waals surface area contributed by atoms with Crippen molar-refractivity contribution in [3.8, 4) is 11.1 Å². The van der Waals surface area contributed by atoms with E-state index in [0.717, 1.165) is 0 Å². The molecule has 18 heavy (non-hydrogen) atoms. The SMILES string of the molecule is Cc1cc(C(=O)O)c(-c2ccccc2Cl)cc1F. The van der Waals surface area contributed by atoms with E-state index in [0.29, 0.717) is 16.1 Å². The first-order valence-corrected chi connectivity index (χ1v) is 5.67. The Kier molecular flexibility index (Phi) is 3.34. The van der Waals surface area contributed by atoms with Crippen LogP contribution in [0.2, 0.25) is 5.02 Å². The lowest BCUT2D eigenvalue weighted by Crippen LogP contribution is -2.02. The summed E-state index contributed by atoms with van der Waals surface area (Å²) < 4.78 is 13.6. The standard InChI is InChI=1S/C14H10ClFO2/c1-8-6-11(14(17)18)10(7-13(8)16)9-4-2-3-5-12(9)15/h2-7H,1H3,(H,17,18). The number of carbonyl (C=O) groups is 1. The smallest absolute Gasteiger partial charge is 0.336 e. The zero-order valence-electron chi connectivity index (χ0n) is 9.58. The Labute approximate surface area is 109 Å². The monoisotopic (exact) mass is 264 g/mol. The van der Waals surface area contributed by atoms with Crippen molar-refractivity contribution < 1.29 is 14.3 Å². The Hall–Kier alpha value is -1.87. The average Bonchev–Trinajstić information content (AvgIpc) is 2.32. The minimum atomic E-state index is -1.10. The summed E-state index contributed by atoms with van der Waals surface area (Å²) in [5, 5.41) is 9.56. The third kappa shape index (κ3) is 2.22. The number of aryl methyl sites for hydroxylation is 1. The van der Waals surface area contributed by atoms with Crippen LogP contribution in [0.3, 0.4) is 0 Å². The van der Waals surface area contributed by atoms with Gasteiger partial charge in [0.25, 0.3) is 0 Å². The highest BCUT2D eigenvalue weighted by Crippen LogP contribution is 2.31. The van der Waals surface area contributed by atoms with Crippen LogP contribution >= 0.6 is 11.6 Å². The molecule has 0 aromatic heterocycles. The van der Waals surface area contributed by atoms with Gasteiger partial charge in [0.2, 0.25) is 0 Å². The number of carboxylic acids is 1. The van der Waals surface area contributed by atoms with Gasteiger partial charge in [0.05, 0.1) is 5.56 Å². The van der Waals surface area contributed by atoms with E-state index in [-0.39, 0.29) is 11.1 Å². The van der Waals surface area contributed by atoms with Gasteiger partial charge in [-0.15, -0.1) is 0 Å². The maximum atomic E-state index is 13.6. The summed E-state index contributed by atoms with van der Waals surface area (Å²) in [5.41, 5.74) is 1.14. The third-order valence-corrected chi connectivity index (χ3v) is 3.02. The molecule has 0 unspecified atom stereocenters. The summed E-state index contributed by atoms with van der Waals surface area (Å²) >= 11 is 6.01. The Morgan fingerprint density at radius 1 is 1.22 bits per heavy atom. The molecule has 4 heteroatoms. The van der Waals surface area contributed by atoms with Crippen molar-refractivity contribution >= 4 is 17.6 Å². The molecule has 1 N–H and O–H groups in total. The van der Waals surface area contributed by atoms with Crippen LogP contribution in [0.25, 0.3) is 11.1 Å². The van der Waals surface area contributed by atoms with E-state index in [1.165, 1.54) is 19.1 Å². The lowest BCUT2D eigenvalue weighted by atomic mass is 9.97. The minimum Gasteiger partial charge on any atom is -0.478 e. The number of rotatable bonds is 2. The topological polar surface area (TPSA) is 37.3 Å². The Morgan fingerprint density at radius 3 is 2.50 bits per heavy atom. The molecular weight excluding hydrogens is 255 g/mol. The van der Waals surface area contributed by atoms with Crippen molar-refractivity contribution in [1.29, 1.82) is 0 Å². The zero-order chi connectivity index (χ0) is 13.3. The van der Waals surface area contributed by atoms with Crippen LogP contribution in [0.1, 0.15) is 15.9 Å². The van der Waals surface area contributed by atoms with Gasteiger partial charge in [-0.2, -0.15) is 0 Å². The lowest BCUT2D eigenvalue weighted by molar-refractivity contribution is 0.0697. The zero-order valence-corrected chi connectivity index (χ0v) is 10.3. The summed E-state index contributed by atoms with van der Waals surface area (Å²) in [4.78, 5) is 11.2. The Balaban J connectivity index is 2.74. The van der Waals surface area contributed by atoms with E-state index in [1.807, 2.05) is 0 Å². The first kappa shape index (κ1) is 12.6. The summed E-state index contributed by atoms with van der Waals surface area (Å²) in [6.45, 7) is 1.53. The van der Waals surface area contributed by atoms with Crippen molar-refractivity contribution in [2.75, 3.05) is 0 Å². The summed E-state index contributed by atoms with van der Waals surface area (Å²) in [6.07, 6.45) is 0. The molecule has 0 radical (unpaired) electrons. The molecule has 0 saturated carbocycles. The number of benzene rings is 2. The lowest BCUT2D eigenvalue weighted by Gasteiger charge is -2.10. The molecule has 0 aliphatic rings.